The molecule has 53 heavy (non-hydrogen) atoms. The summed E-state index contributed by atoms with van der Waals surface area (Å²) in [5.41, 5.74) is 8.59. The summed E-state index contributed by atoms with van der Waals surface area (Å²) in [6.45, 7) is 9.26. The Hall–Kier alpha value is -4.50. The lowest BCUT2D eigenvalue weighted by Gasteiger charge is -2.33. The molecule has 0 aliphatic carbocycles. The van der Waals surface area contributed by atoms with E-state index >= 15 is 0 Å². The number of likely N-dealkylation sites (tertiary alicyclic amines) is 2. The summed E-state index contributed by atoms with van der Waals surface area (Å²) in [5, 5.41) is 29.4. The molecule has 0 unspecified atom stereocenters. The molecule has 0 amide bonds. The molecule has 3 heterocycles. The summed E-state index contributed by atoms with van der Waals surface area (Å²) < 4.78 is 18.8. The van der Waals surface area contributed by atoms with Crippen LogP contribution < -0.4 is 9.47 Å². The molecule has 2 atom stereocenters. The minimum atomic E-state index is -0.833. The van der Waals surface area contributed by atoms with Crippen LogP contribution in [0.15, 0.2) is 67.0 Å². The minimum absolute atomic E-state index is 0.159. The second-order valence-corrected chi connectivity index (χ2v) is 14.4. The number of aliphatic hydroxyl groups is 1. The van der Waals surface area contributed by atoms with Crippen LogP contribution in [0.3, 0.4) is 0 Å². The molecule has 6 rings (SSSR count). The smallest absolute Gasteiger partial charge is 0.320 e. The van der Waals surface area contributed by atoms with Crippen molar-refractivity contribution in [3.8, 4) is 28.7 Å². The number of carboxylic acids is 1. The highest BCUT2D eigenvalue weighted by atomic mass is 35.5. The highest BCUT2D eigenvalue weighted by Crippen LogP contribution is 2.37. The average molecular weight is 739 g/mol. The van der Waals surface area contributed by atoms with E-state index < -0.39 is 12.0 Å². The van der Waals surface area contributed by atoms with Gasteiger partial charge < -0.3 is 24.4 Å². The first-order chi connectivity index (χ1) is 25.7. The summed E-state index contributed by atoms with van der Waals surface area (Å²) >= 11 is 6.85. The van der Waals surface area contributed by atoms with Crippen molar-refractivity contribution in [2.45, 2.75) is 78.0 Å². The first-order valence-corrected chi connectivity index (χ1v) is 18.6. The van der Waals surface area contributed by atoms with Gasteiger partial charge in [-0.1, -0.05) is 54.4 Å². The molecule has 278 valence electrons. The van der Waals surface area contributed by atoms with Crippen LogP contribution in [0.1, 0.15) is 64.6 Å². The number of benzene rings is 3. The maximum Gasteiger partial charge on any atom is 0.320 e. The van der Waals surface area contributed by atoms with E-state index in [0.29, 0.717) is 61.4 Å². The van der Waals surface area contributed by atoms with Crippen LogP contribution >= 0.6 is 11.6 Å². The molecule has 3 aromatic carbocycles. The molecule has 11 heteroatoms. The number of aromatic nitrogens is 1. The number of nitrogens with zero attached hydrogens (tertiary/aromatic N) is 4. The Morgan fingerprint density at radius 3 is 2.36 bits per heavy atom. The minimum Gasteiger partial charge on any atom is -0.488 e. The van der Waals surface area contributed by atoms with Crippen molar-refractivity contribution < 1.29 is 29.2 Å². The van der Waals surface area contributed by atoms with Gasteiger partial charge in [-0.15, -0.1) is 0 Å². The summed E-state index contributed by atoms with van der Waals surface area (Å²) in [6.07, 6.45) is 6.14. The number of rotatable bonds is 15. The zero-order valence-electron chi connectivity index (χ0n) is 30.4. The Kier molecular flexibility index (Phi) is 13.0. The van der Waals surface area contributed by atoms with Gasteiger partial charge in [-0.3, -0.25) is 19.6 Å². The lowest BCUT2D eigenvalue weighted by molar-refractivity contribution is -0.144. The number of pyridine rings is 1. The highest BCUT2D eigenvalue weighted by molar-refractivity contribution is 6.32. The lowest BCUT2D eigenvalue weighted by Crippen LogP contribution is -2.44. The molecular weight excluding hydrogens is 692 g/mol. The first kappa shape index (κ1) is 38.2. The van der Waals surface area contributed by atoms with Crippen molar-refractivity contribution in [1.29, 1.82) is 5.26 Å². The molecule has 0 bridgehead atoms. The van der Waals surface area contributed by atoms with Crippen LogP contribution in [0, 0.1) is 25.2 Å². The normalized spacial score (nSPS) is 17.8. The number of hydrogen-bond donors (Lipinski definition) is 2. The van der Waals surface area contributed by atoms with Gasteiger partial charge in [0.25, 0.3) is 0 Å². The van der Waals surface area contributed by atoms with Crippen molar-refractivity contribution in [2.24, 2.45) is 0 Å². The van der Waals surface area contributed by atoms with E-state index in [-0.39, 0.29) is 19.3 Å². The number of halogens is 1. The van der Waals surface area contributed by atoms with Crippen LogP contribution in [0.5, 0.6) is 11.5 Å². The van der Waals surface area contributed by atoms with Crippen molar-refractivity contribution >= 4 is 17.6 Å². The van der Waals surface area contributed by atoms with Crippen molar-refractivity contribution in [3.63, 3.8) is 0 Å². The lowest BCUT2D eigenvalue weighted by atomic mass is 9.92. The third-order valence-electron chi connectivity index (χ3n) is 10.3. The fourth-order valence-electron chi connectivity index (χ4n) is 7.22. The van der Waals surface area contributed by atoms with Gasteiger partial charge in [-0.25, -0.2) is 0 Å². The monoisotopic (exact) mass is 738 g/mol. The number of ether oxygens (including phenoxy) is 3. The topological polar surface area (TPSA) is 128 Å². The van der Waals surface area contributed by atoms with Crippen molar-refractivity contribution in [3.05, 3.63) is 111 Å². The molecule has 2 fully saturated rings. The number of aliphatic hydroxyl groups excluding tert-OH is 1. The predicted octanol–water partition coefficient (Wildman–Crippen LogP) is 7.07. The Morgan fingerprint density at radius 2 is 1.66 bits per heavy atom. The summed E-state index contributed by atoms with van der Waals surface area (Å²) in [6, 6.07) is 19.4. The average Bonchev–Trinajstić information content (AvgIpc) is 3.58. The number of β-amino-alcohol motifs (C(OH)–C–C–N with tert-alkyl or cyclic N) is 1. The second kappa shape index (κ2) is 18.0. The fraction of sp³-hybridized carbons (Fsp3) is 0.405. The van der Waals surface area contributed by atoms with Crippen LogP contribution in [0.2, 0.25) is 5.02 Å². The van der Waals surface area contributed by atoms with E-state index in [1.54, 1.807) is 24.4 Å². The maximum absolute atomic E-state index is 12.1. The third kappa shape index (κ3) is 9.74. The molecule has 2 N–H and O–H groups in total. The molecule has 0 saturated carbocycles. The van der Waals surface area contributed by atoms with Gasteiger partial charge in [-0.05, 0) is 85.2 Å². The number of piperidine rings is 1. The van der Waals surface area contributed by atoms with Crippen LogP contribution in [0.4, 0.5) is 0 Å². The standard InChI is InChI=1S/C42H47ClN4O6/c1-28-32(26-51-16-15-46-14-12-35(48)24-46)7-5-9-36(28)37-10-6-8-33(29(37)2)27-53-41-19-40(52-25-31-17-30(20-44)21-45-22-31)34(18-38(41)43)23-47-13-4-3-11-39(47)42(49)50/h5-10,17-19,21-22,35,39,48H,3-4,11-16,23-27H2,1-2H3,(H,49,50)/t35-,39+/m1/s1. The second-order valence-electron chi connectivity index (χ2n) is 14.0. The first-order valence-electron chi connectivity index (χ1n) is 18.2. The van der Waals surface area contributed by atoms with E-state index in [1.165, 1.54) is 11.8 Å². The third-order valence-corrected chi connectivity index (χ3v) is 10.6. The zero-order valence-corrected chi connectivity index (χ0v) is 31.1. The Balaban J connectivity index is 1.18. The summed E-state index contributed by atoms with van der Waals surface area (Å²) in [4.78, 5) is 20.4. The van der Waals surface area contributed by atoms with Crippen molar-refractivity contribution in [2.75, 3.05) is 32.8 Å². The van der Waals surface area contributed by atoms with E-state index in [0.717, 1.165) is 71.3 Å². The van der Waals surface area contributed by atoms with Crippen LogP contribution in [-0.2, 0) is 35.9 Å². The molecule has 1 aromatic heterocycles. The summed E-state index contributed by atoms with van der Waals surface area (Å²) in [7, 11) is 0. The van der Waals surface area contributed by atoms with Gasteiger partial charge in [0, 0.05) is 55.8 Å². The molecular formula is C42H47ClN4O6. The quantitative estimate of drug-likeness (QED) is 0.122. The Labute approximate surface area is 316 Å². The Bertz CT molecular complexity index is 1950. The molecule has 10 nitrogen and oxygen atoms in total. The van der Waals surface area contributed by atoms with Gasteiger partial charge in [0.2, 0.25) is 0 Å². The molecule has 2 aliphatic rings. The molecule has 0 spiro atoms. The number of carbonyl (C=O) groups is 1. The van der Waals surface area contributed by atoms with Gasteiger partial charge in [0.15, 0.2) is 0 Å². The number of hydrogen-bond acceptors (Lipinski definition) is 9. The maximum atomic E-state index is 12.1. The molecule has 2 saturated heterocycles. The number of nitriles is 1. The Morgan fingerprint density at radius 1 is 0.925 bits per heavy atom. The molecule has 0 radical (unpaired) electrons. The van der Waals surface area contributed by atoms with Gasteiger partial charge in [0.1, 0.15) is 36.8 Å². The summed E-state index contributed by atoms with van der Waals surface area (Å²) in [5.74, 6) is 0.145. The van der Waals surface area contributed by atoms with Gasteiger partial charge in [-0.2, -0.15) is 5.26 Å². The van der Waals surface area contributed by atoms with Crippen molar-refractivity contribution in [1.82, 2.24) is 14.8 Å². The van der Waals surface area contributed by atoms with E-state index in [4.69, 9.17) is 25.8 Å². The van der Waals surface area contributed by atoms with Crippen LogP contribution in [0.25, 0.3) is 11.1 Å². The predicted molar refractivity (Wildman–Crippen MR) is 203 cm³/mol. The molecule has 2 aliphatic heterocycles. The highest BCUT2D eigenvalue weighted by Gasteiger charge is 2.29. The molecule has 4 aromatic rings. The van der Waals surface area contributed by atoms with E-state index in [9.17, 15) is 20.3 Å². The van der Waals surface area contributed by atoms with Gasteiger partial charge >= 0.3 is 5.97 Å². The zero-order chi connectivity index (χ0) is 37.3. The van der Waals surface area contributed by atoms with Crippen LogP contribution in [-0.4, -0.2) is 75.9 Å². The fourth-order valence-corrected chi connectivity index (χ4v) is 7.46. The van der Waals surface area contributed by atoms with E-state index in [1.807, 2.05) is 17.0 Å². The SMILES string of the molecule is Cc1c(COCCN2CC[C@@H](O)C2)cccc1-c1cccc(COc2cc(OCc3cncc(C#N)c3)c(CN3CCCC[C@H]3C(=O)O)cc2Cl)c1C. The number of aliphatic carboxylic acids is 1. The largest absolute Gasteiger partial charge is 0.488 e. The van der Waals surface area contributed by atoms with E-state index in [2.05, 4.69) is 54.1 Å². The van der Waals surface area contributed by atoms with Gasteiger partial charge in [0.05, 0.1) is 29.9 Å². The number of carboxylic acid groups (broad SMARTS) is 1.